The van der Waals surface area contributed by atoms with Crippen LogP contribution in [0.1, 0.15) is 25.7 Å². The lowest BCUT2D eigenvalue weighted by molar-refractivity contribution is -0.156. The van der Waals surface area contributed by atoms with Gasteiger partial charge in [0.25, 0.3) is 0 Å². The fourth-order valence-corrected chi connectivity index (χ4v) is 3.71. The van der Waals surface area contributed by atoms with Gasteiger partial charge in [0, 0.05) is 19.6 Å². The normalized spacial score (nSPS) is 25.1. The highest BCUT2D eigenvalue weighted by molar-refractivity contribution is 5.99. The Morgan fingerprint density at radius 2 is 1.96 bits per heavy atom. The van der Waals surface area contributed by atoms with Gasteiger partial charge in [-0.05, 0) is 31.8 Å². The SMILES string of the molecule is C=CC(=O)N1CCN(CC(=O)N2CCC[C@H]2C(=O)O)C(=O)C12CC2. The van der Waals surface area contributed by atoms with Crippen LogP contribution in [0.15, 0.2) is 12.7 Å². The molecule has 0 bridgehead atoms. The maximum absolute atomic E-state index is 12.7. The Hall–Kier alpha value is -2.38. The van der Waals surface area contributed by atoms with Crippen LogP contribution in [0.4, 0.5) is 0 Å². The Morgan fingerprint density at radius 3 is 2.54 bits per heavy atom. The van der Waals surface area contributed by atoms with Gasteiger partial charge < -0.3 is 19.8 Å². The minimum Gasteiger partial charge on any atom is -0.480 e. The molecule has 3 aliphatic rings. The van der Waals surface area contributed by atoms with Crippen LogP contribution in [-0.4, -0.2) is 81.3 Å². The smallest absolute Gasteiger partial charge is 0.326 e. The summed E-state index contributed by atoms with van der Waals surface area (Å²) < 4.78 is 0. The third kappa shape index (κ3) is 2.55. The number of hydrogen-bond acceptors (Lipinski definition) is 4. The van der Waals surface area contributed by atoms with Gasteiger partial charge in [-0.2, -0.15) is 0 Å². The molecule has 8 nitrogen and oxygen atoms in total. The molecule has 1 spiro atoms. The van der Waals surface area contributed by atoms with E-state index in [4.69, 9.17) is 0 Å². The number of amides is 3. The van der Waals surface area contributed by atoms with E-state index in [1.807, 2.05) is 0 Å². The van der Waals surface area contributed by atoms with E-state index >= 15 is 0 Å². The number of hydrogen-bond donors (Lipinski definition) is 1. The van der Waals surface area contributed by atoms with E-state index in [9.17, 15) is 24.3 Å². The highest BCUT2D eigenvalue weighted by Gasteiger charge is 2.59. The maximum atomic E-state index is 12.7. The summed E-state index contributed by atoms with van der Waals surface area (Å²) >= 11 is 0. The highest BCUT2D eigenvalue weighted by atomic mass is 16.4. The number of carbonyl (C=O) groups excluding carboxylic acids is 3. The van der Waals surface area contributed by atoms with Crippen LogP contribution >= 0.6 is 0 Å². The van der Waals surface area contributed by atoms with E-state index in [2.05, 4.69) is 6.58 Å². The predicted molar refractivity (Wildman–Crippen MR) is 82.8 cm³/mol. The zero-order chi connectivity index (χ0) is 17.5. The minimum absolute atomic E-state index is 0.125. The molecule has 1 atom stereocenters. The van der Waals surface area contributed by atoms with Crippen molar-refractivity contribution in [1.82, 2.24) is 14.7 Å². The first-order valence-corrected chi connectivity index (χ1v) is 8.16. The molecule has 2 heterocycles. The Morgan fingerprint density at radius 1 is 1.25 bits per heavy atom. The second kappa shape index (κ2) is 5.92. The molecular formula is C16H21N3O5. The molecule has 2 aliphatic heterocycles. The van der Waals surface area contributed by atoms with Crippen LogP contribution in [0.3, 0.4) is 0 Å². The molecule has 3 rings (SSSR count). The van der Waals surface area contributed by atoms with E-state index in [0.717, 1.165) is 0 Å². The van der Waals surface area contributed by atoms with Crippen molar-refractivity contribution in [3.8, 4) is 0 Å². The van der Waals surface area contributed by atoms with Crippen molar-refractivity contribution < 1.29 is 24.3 Å². The third-order valence-electron chi connectivity index (χ3n) is 5.14. The zero-order valence-corrected chi connectivity index (χ0v) is 13.4. The van der Waals surface area contributed by atoms with Crippen LogP contribution in [-0.2, 0) is 19.2 Å². The van der Waals surface area contributed by atoms with Gasteiger partial charge in [0.05, 0.1) is 6.54 Å². The van der Waals surface area contributed by atoms with E-state index in [1.165, 1.54) is 15.9 Å². The summed E-state index contributed by atoms with van der Waals surface area (Å²) in [5.41, 5.74) is -0.818. The number of rotatable bonds is 4. The lowest BCUT2D eigenvalue weighted by Crippen LogP contribution is -2.61. The number of carboxylic acid groups (broad SMARTS) is 1. The highest BCUT2D eigenvalue weighted by Crippen LogP contribution is 2.45. The van der Waals surface area contributed by atoms with E-state index in [-0.39, 0.29) is 30.8 Å². The fraction of sp³-hybridized carbons (Fsp3) is 0.625. The Kier molecular flexibility index (Phi) is 4.06. The summed E-state index contributed by atoms with van der Waals surface area (Å²) in [7, 11) is 0. The molecule has 0 aromatic rings. The van der Waals surface area contributed by atoms with Gasteiger partial charge >= 0.3 is 5.97 Å². The number of piperazine rings is 1. The topological polar surface area (TPSA) is 98.2 Å². The number of aliphatic carboxylic acids is 1. The Labute approximate surface area is 139 Å². The molecule has 0 radical (unpaired) electrons. The number of carbonyl (C=O) groups is 4. The van der Waals surface area contributed by atoms with Crippen molar-refractivity contribution in [3.05, 3.63) is 12.7 Å². The Balaban J connectivity index is 1.68. The van der Waals surface area contributed by atoms with Gasteiger partial charge in [-0.1, -0.05) is 6.58 Å². The molecule has 0 aromatic heterocycles. The van der Waals surface area contributed by atoms with Crippen LogP contribution in [0.5, 0.6) is 0 Å². The molecule has 0 aromatic carbocycles. The van der Waals surface area contributed by atoms with Crippen molar-refractivity contribution in [2.24, 2.45) is 0 Å². The molecule has 3 amide bonds. The molecule has 8 heteroatoms. The molecule has 0 unspecified atom stereocenters. The largest absolute Gasteiger partial charge is 0.480 e. The molecule has 1 aliphatic carbocycles. The number of carboxylic acids is 1. The van der Waals surface area contributed by atoms with Gasteiger partial charge in [0.2, 0.25) is 17.7 Å². The summed E-state index contributed by atoms with van der Waals surface area (Å²) in [5.74, 6) is -1.83. The van der Waals surface area contributed by atoms with Crippen LogP contribution in [0.25, 0.3) is 0 Å². The van der Waals surface area contributed by atoms with Crippen molar-refractivity contribution in [1.29, 1.82) is 0 Å². The van der Waals surface area contributed by atoms with E-state index in [0.29, 0.717) is 38.8 Å². The van der Waals surface area contributed by atoms with Crippen molar-refractivity contribution >= 4 is 23.7 Å². The van der Waals surface area contributed by atoms with Gasteiger partial charge in [-0.25, -0.2) is 4.79 Å². The van der Waals surface area contributed by atoms with Crippen LogP contribution in [0.2, 0.25) is 0 Å². The van der Waals surface area contributed by atoms with Gasteiger partial charge in [0.15, 0.2) is 0 Å². The molecule has 2 saturated heterocycles. The van der Waals surface area contributed by atoms with Crippen molar-refractivity contribution in [3.63, 3.8) is 0 Å². The van der Waals surface area contributed by atoms with Gasteiger partial charge in [0.1, 0.15) is 11.6 Å². The lowest BCUT2D eigenvalue weighted by atomic mass is 10.1. The fourth-order valence-electron chi connectivity index (χ4n) is 3.71. The second-order valence-electron chi connectivity index (χ2n) is 6.54. The summed E-state index contributed by atoms with van der Waals surface area (Å²) in [6.45, 7) is 4.39. The first-order chi connectivity index (χ1) is 11.4. The molecule has 1 N–H and O–H groups in total. The van der Waals surface area contributed by atoms with Crippen LogP contribution < -0.4 is 0 Å². The molecule has 1 saturated carbocycles. The molecule has 3 fully saturated rings. The van der Waals surface area contributed by atoms with Crippen LogP contribution in [0, 0.1) is 0 Å². The predicted octanol–water partition coefficient (Wildman–Crippen LogP) is -0.549. The zero-order valence-electron chi connectivity index (χ0n) is 13.4. The quantitative estimate of drug-likeness (QED) is 0.695. The molecule has 130 valence electrons. The van der Waals surface area contributed by atoms with E-state index < -0.39 is 17.6 Å². The van der Waals surface area contributed by atoms with Gasteiger partial charge in [-0.15, -0.1) is 0 Å². The van der Waals surface area contributed by atoms with Crippen molar-refractivity contribution in [2.75, 3.05) is 26.2 Å². The monoisotopic (exact) mass is 335 g/mol. The first kappa shape index (κ1) is 16.5. The Bertz CT molecular complexity index is 613. The molecular weight excluding hydrogens is 314 g/mol. The second-order valence-corrected chi connectivity index (χ2v) is 6.54. The van der Waals surface area contributed by atoms with E-state index in [1.54, 1.807) is 4.90 Å². The van der Waals surface area contributed by atoms with Crippen molar-refractivity contribution in [2.45, 2.75) is 37.3 Å². The first-order valence-electron chi connectivity index (χ1n) is 8.16. The molecule has 24 heavy (non-hydrogen) atoms. The number of nitrogens with zero attached hydrogens (tertiary/aromatic N) is 3. The lowest BCUT2D eigenvalue weighted by Gasteiger charge is -2.41. The summed E-state index contributed by atoms with van der Waals surface area (Å²) in [5, 5.41) is 9.18. The average Bonchev–Trinajstić information content (AvgIpc) is 3.17. The summed E-state index contributed by atoms with van der Waals surface area (Å²) in [6.07, 6.45) is 3.49. The third-order valence-corrected chi connectivity index (χ3v) is 5.14. The summed E-state index contributed by atoms with van der Waals surface area (Å²) in [6, 6.07) is -0.800. The maximum Gasteiger partial charge on any atom is 0.326 e. The summed E-state index contributed by atoms with van der Waals surface area (Å²) in [4.78, 5) is 52.6. The minimum atomic E-state index is -1.01. The average molecular weight is 335 g/mol. The standard InChI is InChI=1S/C16H21N3O5/c1-2-12(20)19-9-8-17(15(24)16(19)5-6-16)10-13(21)18-7-3-4-11(18)14(22)23/h2,11H,1,3-10H2,(H,22,23)/t11-/m0/s1. The van der Waals surface area contributed by atoms with Gasteiger partial charge in [-0.3, -0.25) is 14.4 Å². The number of likely N-dealkylation sites (tertiary alicyclic amines) is 1.